The average molecular weight is 320 g/mol. The summed E-state index contributed by atoms with van der Waals surface area (Å²) >= 11 is 3.57. The molecule has 2 nitrogen and oxygen atoms in total. The molecule has 0 aromatic heterocycles. The lowest BCUT2D eigenvalue weighted by Gasteiger charge is -2.14. The summed E-state index contributed by atoms with van der Waals surface area (Å²) in [5.41, 5.74) is 4.88. The van der Waals surface area contributed by atoms with Crippen LogP contribution < -0.4 is 5.32 Å². The maximum Gasteiger partial charge on any atom is 0.0744 e. The summed E-state index contributed by atoms with van der Waals surface area (Å²) in [5.74, 6) is 0. The summed E-state index contributed by atoms with van der Waals surface area (Å²) in [5, 5.41) is 3.49. The molecule has 0 fully saturated rings. The molecule has 0 saturated heterocycles. The number of hydrogen-bond donors (Lipinski definition) is 1. The van der Waals surface area contributed by atoms with Crippen LogP contribution in [0, 0.1) is 6.92 Å². The Balaban J connectivity index is 2.16. The summed E-state index contributed by atoms with van der Waals surface area (Å²) in [6, 6.07) is 14.6. The van der Waals surface area contributed by atoms with Crippen molar-refractivity contribution in [1.82, 2.24) is 0 Å². The van der Waals surface area contributed by atoms with E-state index in [0.29, 0.717) is 6.61 Å². The molecule has 3 heteroatoms. The van der Waals surface area contributed by atoms with E-state index in [1.807, 2.05) is 12.1 Å². The van der Waals surface area contributed by atoms with Crippen molar-refractivity contribution in [3.05, 3.63) is 63.6 Å². The zero-order valence-corrected chi connectivity index (χ0v) is 12.8. The Morgan fingerprint density at radius 1 is 1.11 bits per heavy atom. The predicted octanol–water partition coefficient (Wildman–Crippen LogP) is 4.52. The van der Waals surface area contributed by atoms with Gasteiger partial charge in [-0.15, -0.1) is 0 Å². The third-order valence-electron chi connectivity index (χ3n) is 3.14. The first-order valence-corrected chi connectivity index (χ1v) is 7.06. The number of halogens is 1. The van der Waals surface area contributed by atoms with Crippen molar-refractivity contribution in [2.75, 3.05) is 12.4 Å². The molecule has 0 heterocycles. The average Bonchev–Trinajstić information content (AvgIpc) is 2.41. The minimum Gasteiger partial charge on any atom is -0.381 e. The van der Waals surface area contributed by atoms with E-state index >= 15 is 0 Å². The van der Waals surface area contributed by atoms with Crippen molar-refractivity contribution in [2.45, 2.75) is 20.1 Å². The van der Waals surface area contributed by atoms with Gasteiger partial charge in [0, 0.05) is 29.4 Å². The molecule has 0 unspecified atom stereocenters. The maximum absolute atomic E-state index is 5.26. The molecule has 0 atom stereocenters. The van der Waals surface area contributed by atoms with Gasteiger partial charge in [-0.1, -0.05) is 46.3 Å². The van der Waals surface area contributed by atoms with Crippen molar-refractivity contribution in [2.24, 2.45) is 0 Å². The number of aryl methyl sites for hydroxylation is 1. The van der Waals surface area contributed by atoms with Crippen LogP contribution in [0.25, 0.3) is 0 Å². The van der Waals surface area contributed by atoms with Crippen LogP contribution >= 0.6 is 15.9 Å². The molecule has 0 bridgehead atoms. The standard InChI is InChI=1S/C16H18BrNO/c1-12-6-3-4-7-13(12)10-18-16-9-5-8-15(17)14(16)11-19-2/h3-9,18H,10-11H2,1-2H3. The van der Waals surface area contributed by atoms with Gasteiger partial charge in [0.2, 0.25) is 0 Å². The number of benzene rings is 2. The van der Waals surface area contributed by atoms with Gasteiger partial charge in [0.15, 0.2) is 0 Å². The molecule has 0 spiro atoms. The van der Waals surface area contributed by atoms with E-state index in [9.17, 15) is 0 Å². The number of hydrogen-bond acceptors (Lipinski definition) is 2. The molecule has 0 aliphatic carbocycles. The highest BCUT2D eigenvalue weighted by molar-refractivity contribution is 9.10. The Bertz CT molecular complexity index is 554. The second kappa shape index (κ2) is 6.73. The van der Waals surface area contributed by atoms with Gasteiger partial charge in [-0.3, -0.25) is 0 Å². The first-order chi connectivity index (χ1) is 9.22. The van der Waals surface area contributed by atoms with Gasteiger partial charge in [0.25, 0.3) is 0 Å². The molecule has 0 aliphatic rings. The summed E-state index contributed by atoms with van der Waals surface area (Å²) < 4.78 is 6.33. The Labute approximate surface area is 122 Å². The molecule has 0 radical (unpaired) electrons. The fourth-order valence-corrected chi connectivity index (χ4v) is 2.49. The molecule has 2 rings (SSSR count). The zero-order valence-electron chi connectivity index (χ0n) is 11.2. The van der Waals surface area contributed by atoms with E-state index in [1.165, 1.54) is 11.1 Å². The van der Waals surface area contributed by atoms with Gasteiger partial charge in [-0.05, 0) is 30.2 Å². The van der Waals surface area contributed by atoms with Crippen molar-refractivity contribution in [3.8, 4) is 0 Å². The lowest BCUT2D eigenvalue weighted by Crippen LogP contribution is -2.04. The Morgan fingerprint density at radius 2 is 1.89 bits per heavy atom. The summed E-state index contributed by atoms with van der Waals surface area (Å²) in [6.07, 6.45) is 0. The van der Waals surface area contributed by atoms with E-state index < -0.39 is 0 Å². The fourth-order valence-electron chi connectivity index (χ4n) is 2.01. The Morgan fingerprint density at radius 3 is 2.63 bits per heavy atom. The van der Waals surface area contributed by atoms with Gasteiger partial charge in [-0.2, -0.15) is 0 Å². The van der Waals surface area contributed by atoms with Crippen LogP contribution in [0.15, 0.2) is 46.9 Å². The van der Waals surface area contributed by atoms with Gasteiger partial charge in [0.1, 0.15) is 0 Å². The van der Waals surface area contributed by atoms with Crippen LogP contribution in [0.5, 0.6) is 0 Å². The Kier molecular flexibility index (Phi) is 5.00. The minimum absolute atomic E-state index is 0.595. The minimum atomic E-state index is 0.595. The topological polar surface area (TPSA) is 21.3 Å². The van der Waals surface area contributed by atoms with E-state index in [0.717, 1.165) is 22.3 Å². The highest BCUT2D eigenvalue weighted by atomic mass is 79.9. The quantitative estimate of drug-likeness (QED) is 0.875. The Hall–Kier alpha value is -1.32. The second-order valence-electron chi connectivity index (χ2n) is 4.48. The van der Waals surface area contributed by atoms with E-state index in [4.69, 9.17) is 4.74 Å². The largest absolute Gasteiger partial charge is 0.381 e. The van der Waals surface area contributed by atoms with Gasteiger partial charge >= 0.3 is 0 Å². The summed E-state index contributed by atoms with van der Waals surface area (Å²) in [4.78, 5) is 0. The van der Waals surface area contributed by atoms with Gasteiger partial charge in [0.05, 0.1) is 6.61 Å². The van der Waals surface area contributed by atoms with Crippen molar-refractivity contribution < 1.29 is 4.74 Å². The maximum atomic E-state index is 5.26. The number of methoxy groups -OCH3 is 1. The predicted molar refractivity (Wildman–Crippen MR) is 83.4 cm³/mol. The molecule has 1 N–H and O–H groups in total. The highest BCUT2D eigenvalue weighted by Crippen LogP contribution is 2.26. The third-order valence-corrected chi connectivity index (χ3v) is 3.88. The lowest BCUT2D eigenvalue weighted by atomic mass is 10.1. The molecule has 0 amide bonds. The molecular weight excluding hydrogens is 302 g/mol. The smallest absolute Gasteiger partial charge is 0.0744 e. The summed E-state index contributed by atoms with van der Waals surface area (Å²) in [6.45, 7) is 3.55. The van der Waals surface area contributed by atoms with Crippen LogP contribution in [0.4, 0.5) is 5.69 Å². The van der Waals surface area contributed by atoms with Crippen LogP contribution in [0.2, 0.25) is 0 Å². The van der Waals surface area contributed by atoms with Gasteiger partial charge < -0.3 is 10.1 Å². The van der Waals surface area contributed by atoms with Crippen molar-refractivity contribution in [3.63, 3.8) is 0 Å². The zero-order chi connectivity index (χ0) is 13.7. The van der Waals surface area contributed by atoms with Crippen molar-refractivity contribution >= 4 is 21.6 Å². The number of nitrogens with one attached hydrogen (secondary N) is 1. The molecular formula is C16H18BrNO. The monoisotopic (exact) mass is 319 g/mol. The molecule has 0 saturated carbocycles. The van der Waals surface area contributed by atoms with E-state index in [-0.39, 0.29) is 0 Å². The first-order valence-electron chi connectivity index (χ1n) is 6.27. The molecule has 2 aromatic carbocycles. The van der Waals surface area contributed by atoms with Crippen LogP contribution in [-0.4, -0.2) is 7.11 Å². The van der Waals surface area contributed by atoms with Crippen LogP contribution in [0.1, 0.15) is 16.7 Å². The lowest BCUT2D eigenvalue weighted by molar-refractivity contribution is 0.185. The van der Waals surface area contributed by atoms with E-state index in [1.54, 1.807) is 7.11 Å². The first kappa shape index (κ1) is 14.1. The SMILES string of the molecule is COCc1c(Br)cccc1NCc1ccccc1C. The third kappa shape index (κ3) is 3.58. The van der Waals surface area contributed by atoms with Crippen LogP contribution in [-0.2, 0) is 17.9 Å². The van der Waals surface area contributed by atoms with Gasteiger partial charge in [-0.25, -0.2) is 0 Å². The molecule has 0 aliphatic heterocycles. The molecule has 2 aromatic rings. The number of ether oxygens (including phenoxy) is 1. The second-order valence-corrected chi connectivity index (χ2v) is 5.33. The summed E-state index contributed by atoms with van der Waals surface area (Å²) in [7, 11) is 1.71. The number of rotatable bonds is 5. The number of anilines is 1. The highest BCUT2D eigenvalue weighted by Gasteiger charge is 2.06. The van der Waals surface area contributed by atoms with Crippen LogP contribution in [0.3, 0.4) is 0 Å². The normalized spacial score (nSPS) is 10.5. The fraction of sp³-hybridized carbons (Fsp3) is 0.250. The molecule has 19 heavy (non-hydrogen) atoms. The van der Waals surface area contributed by atoms with Crippen molar-refractivity contribution in [1.29, 1.82) is 0 Å². The molecule has 100 valence electrons. The van der Waals surface area contributed by atoms with E-state index in [2.05, 4.69) is 58.5 Å².